The minimum Gasteiger partial charge on any atom is -0.459 e. The zero-order valence-electron chi connectivity index (χ0n) is 11.7. The predicted molar refractivity (Wildman–Crippen MR) is 81.6 cm³/mol. The van der Waals surface area contributed by atoms with Crippen molar-refractivity contribution in [1.29, 1.82) is 0 Å². The van der Waals surface area contributed by atoms with Crippen LogP contribution in [0.3, 0.4) is 0 Å². The summed E-state index contributed by atoms with van der Waals surface area (Å²) in [5.41, 5.74) is 0. The van der Waals surface area contributed by atoms with Crippen LogP contribution in [-0.4, -0.2) is 30.8 Å². The summed E-state index contributed by atoms with van der Waals surface area (Å²) in [7, 11) is -3.74. The van der Waals surface area contributed by atoms with Gasteiger partial charge in [0.2, 0.25) is 0 Å². The highest BCUT2D eigenvalue weighted by molar-refractivity contribution is 7.89. The average molecular weight is 340 g/mol. The van der Waals surface area contributed by atoms with Crippen molar-refractivity contribution in [3.63, 3.8) is 0 Å². The molecule has 0 amide bonds. The van der Waals surface area contributed by atoms with E-state index >= 15 is 0 Å². The molecular formula is C15H14ClNO4S. The van der Waals surface area contributed by atoms with Crippen LogP contribution < -0.4 is 0 Å². The average Bonchev–Trinajstić information content (AvgIpc) is 2.70. The van der Waals surface area contributed by atoms with E-state index < -0.39 is 28.1 Å². The van der Waals surface area contributed by atoms with Gasteiger partial charge in [-0.15, -0.1) is 0 Å². The summed E-state index contributed by atoms with van der Waals surface area (Å²) >= 11 is 5.80. The highest BCUT2D eigenvalue weighted by atomic mass is 35.5. The zero-order chi connectivity index (χ0) is 15.9. The second kappa shape index (κ2) is 5.44. The van der Waals surface area contributed by atoms with E-state index in [4.69, 9.17) is 16.3 Å². The highest BCUT2D eigenvalue weighted by Gasteiger charge is 2.43. The van der Waals surface area contributed by atoms with Gasteiger partial charge >= 0.3 is 5.97 Å². The summed E-state index contributed by atoms with van der Waals surface area (Å²) in [5.74, 6) is -0.520. The van der Waals surface area contributed by atoms with Crippen molar-refractivity contribution in [2.45, 2.75) is 24.0 Å². The lowest BCUT2D eigenvalue weighted by molar-refractivity contribution is -0.148. The Labute approximate surface area is 133 Å². The van der Waals surface area contributed by atoms with Crippen molar-refractivity contribution in [3.8, 4) is 0 Å². The van der Waals surface area contributed by atoms with Gasteiger partial charge < -0.3 is 4.74 Å². The molecule has 1 aromatic rings. The van der Waals surface area contributed by atoms with Gasteiger partial charge in [-0.1, -0.05) is 29.8 Å². The Kier molecular flexibility index (Phi) is 3.74. The molecule has 1 aromatic carbocycles. The molecule has 1 heterocycles. The van der Waals surface area contributed by atoms with Gasteiger partial charge in [0.05, 0.1) is 4.90 Å². The van der Waals surface area contributed by atoms with Crippen LogP contribution in [0.25, 0.3) is 0 Å². The smallest absolute Gasteiger partial charge is 0.303 e. The number of carbonyl (C=O) groups excluding carboxylic acids is 1. The number of ether oxygens (including phenoxy) is 1. The molecule has 2 aliphatic rings. The number of fused-ring (bicyclic) bond motifs is 2. The van der Waals surface area contributed by atoms with Gasteiger partial charge in [0.25, 0.3) is 10.0 Å². The van der Waals surface area contributed by atoms with Gasteiger partial charge in [0.1, 0.15) is 12.1 Å². The monoisotopic (exact) mass is 339 g/mol. The molecule has 7 heteroatoms. The van der Waals surface area contributed by atoms with Gasteiger partial charge in [0, 0.05) is 24.1 Å². The van der Waals surface area contributed by atoms with Crippen LogP contribution >= 0.6 is 11.6 Å². The normalized spacial score (nSPS) is 26.3. The number of carbonyl (C=O) groups is 1. The molecule has 116 valence electrons. The summed E-state index contributed by atoms with van der Waals surface area (Å²) in [6.07, 6.45) is 6.34. The molecule has 0 aromatic heterocycles. The van der Waals surface area contributed by atoms with Crippen LogP contribution in [0.1, 0.15) is 6.92 Å². The lowest BCUT2D eigenvalue weighted by Gasteiger charge is -2.35. The summed E-state index contributed by atoms with van der Waals surface area (Å²) in [6, 6.07) is 5.44. The molecular weight excluding hydrogens is 326 g/mol. The summed E-state index contributed by atoms with van der Waals surface area (Å²) in [6.45, 7) is 1.32. The number of nitrogens with zero attached hydrogens (tertiary/aromatic N) is 1. The molecule has 0 spiro atoms. The largest absolute Gasteiger partial charge is 0.459 e. The maximum absolute atomic E-state index is 12.8. The van der Waals surface area contributed by atoms with Gasteiger partial charge in [-0.3, -0.25) is 9.10 Å². The second-order valence-corrected chi connectivity index (χ2v) is 7.44. The van der Waals surface area contributed by atoms with E-state index in [0.29, 0.717) is 5.02 Å². The van der Waals surface area contributed by atoms with Gasteiger partial charge in [-0.25, -0.2) is 8.42 Å². The Bertz CT molecular complexity index is 754. The fraction of sp³-hybridized carbons (Fsp3) is 0.267. The van der Waals surface area contributed by atoms with Crippen molar-refractivity contribution >= 4 is 27.6 Å². The van der Waals surface area contributed by atoms with Crippen LogP contribution in [0.4, 0.5) is 0 Å². The first-order chi connectivity index (χ1) is 10.4. The number of hydrogen-bond acceptors (Lipinski definition) is 4. The van der Waals surface area contributed by atoms with Gasteiger partial charge in [0.15, 0.2) is 0 Å². The summed E-state index contributed by atoms with van der Waals surface area (Å²) in [5, 5.41) is 0.465. The van der Waals surface area contributed by atoms with E-state index in [1.165, 1.54) is 41.7 Å². The molecule has 3 atom stereocenters. The molecule has 3 unspecified atom stereocenters. The Morgan fingerprint density at radius 2 is 1.86 bits per heavy atom. The molecule has 2 bridgehead atoms. The first-order valence-corrected chi connectivity index (χ1v) is 8.54. The third-order valence-electron chi connectivity index (χ3n) is 3.69. The molecule has 22 heavy (non-hydrogen) atoms. The number of esters is 1. The number of benzene rings is 1. The van der Waals surface area contributed by atoms with E-state index in [2.05, 4.69) is 0 Å². The fourth-order valence-electron chi connectivity index (χ4n) is 2.68. The SMILES string of the molecule is CC(=O)OC1C2C=CC1N(S(=O)(=O)c1ccc(Cl)cc1)C=C2. The van der Waals surface area contributed by atoms with E-state index in [1.54, 1.807) is 12.2 Å². The van der Waals surface area contributed by atoms with Crippen LogP contribution in [0.2, 0.25) is 5.02 Å². The van der Waals surface area contributed by atoms with Crippen molar-refractivity contribution in [1.82, 2.24) is 4.31 Å². The number of hydrogen-bond donors (Lipinski definition) is 0. The van der Waals surface area contributed by atoms with Crippen LogP contribution in [0.15, 0.2) is 53.6 Å². The quantitative estimate of drug-likeness (QED) is 0.626. The van der Waals surface area contributed by atoms with E-state index in [9.17, 15) is 13.2 Å². The Morgan fingerprint density at radius 1 is 1.18 bits per heavy atom. The van der Waals surface area contributed by atoms with Crippen molar-refractivity contribution < 1.29 is 17.9 Å². The first kappa shape index (κ1) is 15.1. The lowest BCUT2D eigenvalue weighted by Crippen LogP contribution is -2.46. The first-order valence-electron chi connectivity index (χ1n) is 6.72. The zero-order valence-corrected chi connectivity index (χ0v) is 13.3. The highest BCUT2D eigenvalue weighted by Crippen LogP contribution is 2.35. The Hall–Kier alpha value is -1.79. The van der Waals surface area contributed by atoms with Crippen LogP contribution in [0.5, 0.6) is 0 Å². The number of rotatable bonds is 3. The second-order valence-electron chi connectivity index (χ2n) is 5.16. The molecule has 0 radical (unpaired) electrons. The third kappa shape index (κ3) is 2.53. The maximum Gasteiger partial charge on any atom is 0.303 e. The van der Waals surface area contributed by atoms with E-state index in [-0.39, 0.29) is 10.8 Å². The molecule has 0 saturated heterocycles. The van der Waals surface area contributed by atoms with Crippen molar-refractivity contribution in [2.24, 2.45) is 5.92 Å². The van der Waals surface area contributed by atoms with E-state index in [1.807, 2.05) is 6.08 Å². The molecule has 5 nitrogen and oxygen atoms in total. The Morgan fingerprint density at radius 3 is 2.50 bits per heavy atom. The third-order valence-corrected chi connectivity index (χ3v) is 5.73. The minimum absolute atomic E-state index is 0.0921. The van der Waals surface area contributed by atoms with Crippen molar-refractivity contribution in [3.05, 3.63) is 53.7 Å². The van der Waals surface area contributed by atoms with Crippen LogP contribution in [0, 0.1) is 5.92 Å². The molecule has 0 fully saturated rings. The molecule has 3 rings (SSSR count). The van der Waals surface area contributed by atoms with Crippen LogP contribution in [-0.2, 0) is 19.6 Å². The standard InChI is InChI=1S/C15H14ClNO4S/c1-10(18)21-15-11-2-7-14(15)17(9-8-11)22(19,20)13-5-3-12(16)4-6-13/h2-9,11,14-15H,1H3. The fourth-order valence-corrected chi connectivity index (χ4v) is 4.27. The Balaban J connectivity index is 1.96. The summed E-state index contributed by atoms with van der Waals surface area (Å²) < 4.78 is 32.1. The molecule has 1 aliphatic heterocycles. The minimum atomic E-state index is -3.74. The van der Waals surface area contributed by atoms with Gasteiger partial charge in [-0.2, -0.15) is 0 Å². The topological polar surface area (TPSA) is 63.7 Å². The van der Waals surface area contributed by atoms with Crippen molar-refractivity contribution in [2.75, 3.05) is 0 Å². The molecule has 0 N–H and O–H groups in total. The van der Waals surface area contributed by atoms with Gasteiger partial charge in [-0.05, 0) is 24.3 Å². The van der Waals surface area contributed by atoms with E-state index in [0.717, 1.165) is 0 Å². The summed E-state index contributed by atoms with van der Waals surface area (Å²) in [4.78, 5) is 11.4. The molecule has 1 aliphatic carbocycles. The lowest BCUT2D eigenvalue weighted by atomic mass is 10.0. The maximum atomic E-state index is 12.8. The predicted octanol–water partition coefficient (Wildman–Crippen LogP) is 2.34. The number of halogens is 1. The number of sulfonamides is 1. The molecule has 0 saturated carbocycles.